The summed E-state index contributed by atoms with van der Waals surface area (Å²) in [5.74, 6) is 0.840. The number of para-hydroxylation sites is 1. The van der Waals surface area contributed by atoms with Gasteiger partial charge in [-0.3, -0.25) is 14.3 Å². The Morgan fingerprint density at radius 2 is 1.71 bits per heavy atom. The zero-order valence-electron chi connectivity index (χ0n) is 16.0. The normalized spacial score (nSPS) is 11.1. The average molecular weight is 394 g/mol. The topological polar surface area (TPSA) is 56.0 Å². The second-order valence-electron chi connectivity index (χ2n) is 6.31. The summed E-state index contributed by atoms with van der Waals surface area (Å²) in [5.41, 5.74) is 2.72. The zero-order valence-corrected chi connectivity index (χ0v) is 16.8. The van der Waals surface area contributed by atoms with Crippen molar-refractivity contribution in [3.05, 3.63) is 88.4 Å². The number of carbonyl (C=O) groups is 1. The highest BCUT2D eigenvalue weighted by Crippen LogP contribution is 2.14. The average Bonchev–Trinajstić information content (AvgIpc) is 2.92. The fourth-order valence-corrected chi connectivity index (χ4v) is 3.46. The van der Waals surface area contributed by atoms with Gasteiger partial charge in [-0.25, -0.2) is 4.68 Å². The van der Waals surface area contributed by atoms with E-state index < -0.39 is 0 Å². The molecule has 0 fully saturated rings. The van der Waals surface area contributed by atoms with Crippen LogP contribution in [0.15, 0.2) is 71.5 Å². The van der Waals surface area contributed by atoms with E-state index in [0.717, 1.165) is 22.7 Å². The van der Waals surface area contributed by atoms with Crippen LogP contribution in [0.25, 0.3) is 11.8 Å². The summed E-state index contributed by atoms with van der Waals surface area (Å²) in [5, 5.41) is 2.78. The zero-order chi connectivity index (χ0) is 19.9. The first-order valence-corrected chi connectivity index (χ1v) is 10.2. The molecule has 0 aliphatic heterocycles. The molecule has 2 aromatic carbocycles. The number of nitrogens with zero attached hydrogens (tertiary/aromatic N) is 2. The van der Waals surface area contributed by atoms with Crippen molar-refractivity contribution in [1.82, 2.24) is 9.36 Å². The summed E-state index contributed by atoms with van der Waals surface area (Å²) in [6.45, 7) is 1.83. The molecular formula is C22H23N3O2S. The number of benzene rings is 2. The van der Waals surface area contributed by atoms with Crippen molar-refractivity contribution in [2.75, 3.05) is 16.8 Å². The fraction of sp³-hybridized carbons (Fsp3) is 0.182. The molecule has 28 heavy (non-hydrogen) atoms. The van der Waals surface area contributed by atoms with Crippen LogP contribution in [-0.2, 0) is 11.8 Å². The molecule has 0 saturated carbocycles. The maximum Gasteiger partial charge on any atom is 0.295 e. The first kappa shape index (κ1) is 19.8. The second-order valence-corrected chi connectivity index (χ2v) is 7.34. The predicted molar refractivity (Wildman–Crippen MR) is 117 cm³/mol. The molecule has 0 saturated heterocycles. The van der Waals surface area contributed by atoms with E-state index >= 15 is 0 Å². The third-order valence-electron chi connectivity index (χ3n) is 4.38. The van der Waals surface area contributed by atoms with Gasteiger partial charge in [-0.1, -0.05) is 60.7 Å². The van der Waals surface area contributed by atoms with Crippen LogP contribution < -0.4 is 10.9 Å². The maximum absolute atomic E-state index is 12.8. The van der Waals surface area contributed by atoms with Gasteiger partial charge >= 0.3 is 0 Å². The first-order valence-electron chi connectivity index (χ1n) is 9.01. The highest BCUT2D eigenvalue weighted by molar-refractivity contribution is 8.00. The molecule has 3 aromatic rings. The summed E-state index contributed by atoms with van der Waals surface area (Å²) in [7, 11) is 1.81. The summed E-state index contributed by atoms with van der Waals surface area (Å²) in [6, 6.07) is 19.4. The number of carbonyl (C=O) groups excluding carboxylic acids is 1. The molecule has 3 rings (SSSR count). The van der Waals surface area contributed by atoms with E-state index in [0.29, 0.717) is 5.69 Å². The van der Waals surface area contributed by atoms with Gasteiger partial charge in [0.15, 0.2) is 0 Å². The van der Waals surface area contributed by atoms with Crippen LogP contribution in [0.1, 0.15) is 11.3 Å². The Bertz CT molecular complexity index is 1020. The number of nitrogens with one attached hydrogen (secondary N) is 1. The molecule has 0 spiro atoms. The first-order chi connectivity index (χ1) is 13.6. The summed E-state index contributed by atoms with van der Waals surface area (Å²) in [4.78, 5) is 25.1. The molecule has 0 radical (unpaired) electrons. The van der Waals surface area contributed by atoms with Crippen LogP contribution in [0.5, 0.6) is 0 Å². The molecule has 0 bridgehead atoms. The van der Waals surface area contributed by atoms with Gasteiger partial charge in [0, 0.05) is 12.8 Å². The molecule has 0 unspecified atom stereocenters. The van der Waals surface area contributed by atoms with E-state index in [2.05, 4.69) is 5.32 Å². The molecule has 1 heterocycles. The van der Waals surface area contributed by atoms with E-state index in [9.17, 15) is 9.59 Å². The van der Waals surface area contributed by atoms with Gasteiger partial charge in [0.05, 0.1) is 17.1 Å². The quantitative estimate of drug-likeness (QED) is 0.620. The van der Waals surface area contributed by atoms with Gasteiger partial charge in [-0.2, -0.15) is 0 Å². The molecule has 1 amide bonds. The molecule has 0 aliphatic rings. The third kappa shape index (κ3) is 4.64. The largest absolute Gasteiger partial charge is 0.319 e. The Balaban J connectivity index is 1.60. The van der Waals surface area contributed by atoms with Crippen molar-refractivity contribution < 1.29 is 4.79 Å². The minimum Gasteiger partial charge on any atom is -0.319 e. The summed E-state index contributed by atoms with van der Waals surface area (Å²) >= 11 is 1.50. The Morgan fingerprint density at radius 3 is 2.39 bits per heavy atom. The molecule has 144 valence electrons. The number of hydrogen-bond acceptors (Lipinski definition) is 3. The van der Waals surface area contributed by atoms with Crippen molar-refractivity contribution in [3.63, 3.8) is 0 Å². The molecule has 1 aromatic heterocycles. The third-order valence-corrected chi connectivity index (χ3v) is 5.27. The highest BCUT2D eigenvalue weighted by Gasteiger charge is 2.17. The van der Waals surface area contributed by atoms with E-state index in [1.54, 1.807) is 9.36 Å². The lowest BCUT2D eigenvalue weighted by Gasteiger charge is -2.07. The number of anilines is 1. The highest BCUT2D eigenvalue weighted by atomic mass is 32.2. The van der Waals surface area contributed by atoms with Crippen molar-refractivity contribution in [1.29, 1.82) is 0 Å². The van der Waals surface area contributed by atoms with E-state index in [1.165, 1.54) is 11.8 Å². The predicted octanol–water partition coefficient (Wildman–Crippen LogP) is 3.87. The Hall–Kier alpha value is -2.99. The van der Waals surface area contributed by atoms with Crippen molar-refractivity contribution >= 4 is 29.4 Å². The van der Waals surface area contributed by atoms with Gasteiger partial charge in [0.1, 0.15) is 5.69 Å². The van der Waals surface area contributed by atoms with Crippen LogP contribution >= 0.6 is 11.8 Å². The standard InChI is InChI=1S/C22H23N3O2S/c1-17-21(22(27)25(24(17)2)19-13-7-4-8-14-19)23-20(26)16-28-15-9-12-18-10-5-3-6-11-18/h3-14H,15-16H2,1-2H3,(H,23,26)/b12-9+. The molecule has 0 atom stereocenters. The lowest BCUT2D eigenvalue weighted by atomic mass is 10.2. The molecule has 5 nitrogen and oxygen atoms in total. The molecular weight excluding hydrogens is 370 g/mol. The van der Waals surface area contributed by atoms with Crippen molar-refractivity contribution in [2.24, 2.45) is 7.05 Å². The van der Waals surface area contributed by atoms with Gasteiger partial charge in [0.2, 0.25) is 5.91 Å². The second kappa shape index (κ2) is 9.28. The van der Waals surface area contributed by atoms with Crippen molar-refractivity contribution in [3.8, 4) is 5.69 Å². The number of thioether (sulfide) groups is 1. The van der Waals surface area contributed by atoms with Crippen LogP contribution in [-0.4, -0.2) is 26.8 Å². The van der Waals surface area contributed by atoms with Gasteiger partial charge in [-0.15, -0.1) is 11.8 Å². The summed E-state index contributed by atoms with van der Waals surface area (Å²) < 4.78 is 3.31. The van der Waals surface area contributed by atoms with E-state index in [-0.39, 0.29) is 17.2 Å². The maximum atomic E-state index is 12.8. The Labute approximate surface area is 168 Å². The van der Waals surface area contributed by atoms with Gasteiger partial charge in [0.25, 0.3) is 5.56 Å². The van der Waals surface area contributed by atoms with Gasteiger partial charge < -0.3 is 5.32 Å². The number of aromatic nitrogens is 2. The van der Waals surface area contributed by atoms with Crippen LogP contribution in [0.3, 0.4) is 0 Å². The Kier molecular flexibility index (Phi) is 6.55. The van der Waals surface area contributed by atoms with Crippen molar-refractivity contribution in [2.45, 2.75) is 6.92 Å². The number of rotatable bonds is 7. The molecule has 6 heteroatoms. The SMILES string of the molecule is Cc1c(NC(=O)CSC/C=C/c2ccccc2)c(=O)n(-c2ccccc2)n1C. The van der Waals surface area contributed by atoms with Crippen LogP contribution in [0, 0.1) is 6.92 Å². The Morgan fingerprint density at radius 1 is 1.07 bits per heavy atom. The van der Waals surface area contributed by atoms with Crippen LogP contribution in [0.4, 0.5) is 5.69 Å². The van der Waals surface area contributed by atoms with Crippen LogP contribution in [0.2, 0.25) is 0 Å². The minimum atomic E-state index is -0.228. The summed E-state index contributed by atoms with van der Waals surface area (Å²) in [6.07, 6.45) is 4.06. The molecule has 0 aliphatic carbocycles. The lowest BCUT2D eigenvalue weighted by Crippen LogP contribution is -2.23. The van der Waals surface area contributed by atoms with E-state index in [4.69, 9.17) is 0 Å². The monoisotopic (exact) mass is 393 g/mol. The fourth-order valence-electron chi connectivity index (χ4n) is 2.86. The molecule has 1 N–H and O–H groups in total. The minimum absolute atomic E-state index is 0.177. The smallest absolute Gasteiger partial charge is 0.295 e. The number of amides is 1. The number of hydrogen-bond donors (Lipinski definition) is 1. The van der Waals surface area contributed by atoms with Gasteiger partial charge in [-0.05, 0) is 24.6 Å². The lowest BCUT2D eigenvalue weighted by molar-refractivity contribution is -0.113. The van der Waals surface area contributed by atoms with E-state index in [1.807, 2.05) is 86.8 Å².